The highest BCUT2D eigenvalue weighted by Gasteiger charge is 2.09. The molecule has 2 aromatic heterocycles. The Hall–Kier alpha value is -3.02. The second kappa shape index (κ2) is 5.07. The fourth-order valence-electron chi connectivity index (χ4n) is 2.54. The van der Waals surface area contributed by atoms with Gasteiger partial charge in [0.2, 0.25) is 5.95 Å². The van der Waals surface area contributed by atoms with E-state index in [1.54, 1.807) is 7.11 Å². The number of methoxy groups -OCH3 is 1. The van der Waals surface area contributed by atoms with Crippen LogP contribution >= 0.6 is 0 Å². The van der Waals surface area contributed by atoms with E-state index >= 15 is 0 Å². The van der Waals surface area contributed by atoms with Gasteiger partial charge in [0.1, 0.15) is 5.75 Å². The summed E-state index contributed by atoms with van der Waals surface area (Å²) in [6.45, 7) is 0.624. The minimum Gasteiger partial charge on any atom is -0.496 e. The van der Waals surface area contributed by atoms with Crippen molar-refractivity contribution in [1.82, 2.24) is 19.6 Å². The minimum atomic E-state index is 0.624. The normalized spacial score (nSPS) is 11.1. The van der Waals surface area contributed by atoms with E-state index in [0.717, 1.165) is 22.3 Å². The van der Waals surface area contributed by atoms with Crippen molar-refractivity contribution >= 4 is 22.8 Å². The predicted octanol–water partition coefficient (Wildman–Crippen LogP) is 2.83. The van der Waals surface area contributed by atoms with E-state index in [0.29, 0.717) is 18.3 Å². The van der Waals surface area contributed by atoms with Crippen molar-refractivity contribution in [2.24, 2.45) is 0 Å². The van der Waals surface area contributed by atoms with Gasteiger partial charge in [-0.15, -0.1) is 0 Å². The van der Waals surface area contributed by atoms with Crippen LogP contribution < -0.4 is 10.1 Å². The van der Waals surface area contributed by atoms with Crippen molar-refractivity contribution in [3.05, 3.63) is 54.1 Å². The van der Waals surface area contributed by atoms with Crippen LogP contribution in [0.3, 0.4) is 0 Å². The molecule has 0 spiro atoms. The molecule has 0 radical (unpaired) electrons. The quantitative estimate of drug-likeness (QED) is 0.607. The first kappa shape index (κ1) is 12.7. The van der Waals surface area contributed by atoms with Gasteiger partial charge >= 0.3 is 0 Å². The van der Waals surface area contributed by atoms with E-state index in [-0.39, 0.29) is 0 Å². The number of imidazole rings is 1. The molecule has 4 rings (SSSR count). The molecule has 2 aromatic carbocycles. The summed E-state index contributed by atoms with van der Waals surface area (Å²) in [4.78, 5) is 8.95. The number of aromatic nitrogens is 4. The maximum atomic E-state index is 5.35. The number of aromatic amines is 1. The van der Waals surface area contributed by atoms with Crippen molar-refractivity contribution in [2.75, 3.05) is 12.4 Å². The summed E-state index contributed by atoms with van der Waals surface area (Å²) in [6, 6.07) is 15.8. The van der Waals surface area contributed by atoms with E-state index in [2.05, 4.69) is 20.4 Å². The maximum absolute atomic E-state index is 5.35. The van der Waals surface area contributed by atoms with Gasteiger partial charge in [0.05, 0.1) is 18.1 Å². The molecule has 0 unspecified atom stereocenters. The smallest absolute Gasteiger partial charge is 0.253 e. The van der Waals surface area contributed by atoms with Gasteiger partial charge in [0, 0.05) is 12.1 Å². The molecule has 2 heterocycles. The number of ether oxygens (including phenoxy) is 1. The average Bonchev–Trinajstić information content (AvgIpc) is 3.10. The molecular weight excluding hydrogens is 278 g/mol. The van der Waals surface area contributed by atoms with Crippen molar-refractivity contribution < 1.29 is 4.74 Å². The summed E-state index contributed by atoms with van der Waals surface area (Å²) in [5.74, 6) is 2.19. The largest absolute Gasteiger partial charge is 0.496 e. The first-order valence-corrected chi connectivity index (χ1v) is 7.04. The topological polar surface area (TPSA) is 67.2 Å². The molecule has 0 fully saturated rings. The summed E-state index contributed by atoms with van der Waals surface area (Å²) < 4.78 is 7.22. The zero-order valence-electron chi connectivity index (χ0n) is 12.1. The van der Waals surface area contributed by atoms with Crippen LogP contribution in [0.1, 0.15) is 5.56 Å². The Kier molecular flexibility index (Phi) is 2.93. The number of nitrogens with one attached hydrogen (secondary N) is 2. The molecular formula is C16H15N5O. The third kappa shape index (κ3) is 2.05. The molecule has 4 aromatic rings. The lowest BCUT2D eigenvalue weighted by Gasteiger charge is -2.08. The van der Waals surface area contributed by atoms with Crippen molar-refractivity contribution in [2.45, 2.75) is 6.54 Å². The number of anilines is 1. The van der Waals surface area contributed by atoms with Crippen LogP contribution in [-0.4, -0.2) is 26.7 Å². The number of H-pyrrole nitrogens is 1. The fourth-order valence-corrected chi connectivity index (χ4v) is 2.54. The summed E-state index contributed by atoms with van der Waals surface area (Å²) >= 11 is 0. The standard InChI is InChI=1S/C16H15N5O/c1-22-14-9-5-2-6-11(14)10-17-15-19-16-18-12-7-3-4-8-13(12)21(16)20-15/h2-9H,10H2,1H3,(H2,17,18,19,20). The van der Waals surface area contributed by atoms with Gasteiger partial charge in [0.15, 0.2) is 0 Å². The first-order chi connectivity index (χ1) is 10.8. The van der Waals surface area contributed by atoms with Crippen LogP contribution in [0.15, 0.2) is 48.5 Å². The van der Waals surface area contributed by atoms with Gasteiger partial charge < -0.3 is 10.1 Å². The van der Waals surface area contributed by atoms with Crippen LogP contribution in [0.25, 0.3) is 16.8 Å². The van der Waals surface area contributed by atoms with E-state index in [1.807, 2.05) is 53.0 Å². The molecule has 0 aliphatic rings. The lowest BCUT2D eigenvalue weighted by molar-refractivity contribution is 0.410. The highest BCUT2D eigenvalue weighted by molar-refractivity contribution is 5.79. The number of nitrogens with zero attached hydrogens (tertiary/aromatic N) is 3. The minimum absolute atomic E-state index is 0.624. The molecule has 0 saturated carbocycles. The molecule has 22 heavy (non-hydrogen) atoms. The molecule has 0 aliphatic heterocycles. The van der Waals surface area contributed by atoms with E-state index < -0.39 is 0 Å². The highest BCUT2D eigenvalue weighted by Crippen LogP contribution is 2.19. The Morgan fingerprint density at radius 2 is 1.91 bits per heavy atom. The van der Waals surface area contributed by atoms with Crippen LogP contribution in [-0.2, 0) is 6.54 Å². The molecule has 6 heteroatoms. The van der Waals surface area contributed by atoms with Crippen LogP contribution in [0.4, 0.5) is 5.95 Å². The second-order valence-corrected chi connectivity index (χ2v) is 4.97. The lowest BCUT2D eigenvalue weighted by atomic mass is 10.2. The SMILES string of the molecule is COc1ccccc1CNc1nc2nc3ccccc3n2[nH]1. The molecule has 0 bridgehead atoms. The van der Waals surface area contributed by atoms with Gasteiger partial charge in [-0.05, 0) is 18.2 Å². The number of hydrogen-bond donors (Lipinski definition) is 2. The summed E-state index contributed by atoms with van der Waals surface area (Å²) in [6.07, 6.45) is 0. The third-order valence-electron chi connectivity index (χ3n) is 3.61. The predicted molar refractivity (Wildman–Crippen MR) is 85.2 cm³/mol. The van der Waals surface area contributed by atoms with Crippen molar-refractivity contribution in [3.8, 4) is 5.75 Å². The van der Waals surface area contributed by atoms with Crippen molar-refractivity contribution in [1.29, 1.82) is 0 Å². The highest BCUT2D eigenvalue weighted by atomic mass is 16.5. The van der Waals surface area contributed by atoms with Crippen LogP contribution in [0.5, 0.6) is 5.75 Å². The zero-order valence-corrected chi connectivity index (χ0v) is 12.1. The van der Waals surface area contributed by atoms with Gasteiger partial charge in [-0.2, -0.15) is 4.98 Å². The molecule has 0 atom stereocenters. The number of hydrogen-bond acceptors (Lipinski definition) is 4. The van der Waals surface area contributed by atoms with Gasteiger partial charge in [-0.3, -0.25) is 5.10 Å². The Bertz CT molecular complexity index is 940. The molecule has 6 nitrogen and oxygen atoms in total. The van der Waals surface area contributed by atoms with Crippen LogP contribution in [0.2, 0.25) is 0 Å². The second-order valence-electron chi connectivity index (χ2n) is 4.97. The Morgan fingerprint density at radius 1 is 1.09 bits per heavy atom. The Balaban J connectivity index is 1.62. The third-order valence-corrected chi connectivity index (χ3v) is 3.61. The number of rotatable bonds is 4. The summed E-state index contributed by atoms with van der Waals surface area (Å²) in [5.41, 5.74) is 3.01. The maximum Gasteiger partial charge on any atom is 0.253 e. The first-order valence-electron chi connectivity index (χ1n) is 7.04. The summed E-state index contributed by atoms with van der Waals surface area (Å²) in [5, 5.41) is 6.49. The summed E-state index contributed by atoms with van der Waals surface area (Å²) in [7, 11) is 1.67. The Morgan fingerprint density at radius 3 is 2.82 bits per heavy atom. The van der Waals surface area contributed by atoms with E-state index in [9.17, 15) is 0 Å². The zero-order chi connectivity index (χ0) is 14.9. The van der Waals surface area contributed by atoms with Gasteiger partial charge in [-0.25, -0.2) is 9.50 Å². The average molecular weight is 293 g/mol. The molecule has 0 aliphatic carbocycles. The number of fused-ring (bicyclic) bond motifs is 3. The van der Waals surface area contributed by atoms with Gasteiger partial charge in [-0.1, -0.05) is 30.3 Å². The van der Waals surface area contributed by atoms with E-state index in [4.69, 9.17) is 4.74 Å². The van der Waals surface area contributed by atoms with Crippen LogP contribution in [0, 0.1) is 0 Å². The fraction of sp³-hybridized carbons (Fsp3) is 0.125. The molecule has 0 amide bonds. The molecule has 2 N–H and O–H groups in total. The van der Waals surface area contributed by atoms with Crippen molar-refractivity contribution in [3.63, 3.8) is 0 Å². The number of para-hydroxylation sites is 3. The Labute approximate surface area is 126 Å². The monoisotopic (exact) mass is 293 g/mol. The molecule has 110 valence electrons. The van der Waals surface area contributed by atoms with E-state index in [1.165, 1.54) is 0 Å². The number of benzene rings is 2. The molecule has 0 saturated heterocycles. The lowest BCUT2D eigenvalue weighted by Crippen LogP contribution is -2.03. The van der Waals surface area contributed by atoms with Gasteiger partial charge in [0.25, 0.3) is 5.78 Å².